The van der Waals surface area contributed by atoms with Crippen LogP contribution in [0, 0.1) is 13.8 Å². The predicted molar refractivity (Wildman–Crippen MR) is 101 cm³/mol. The van der Waals surface area contributed by atoms with E-state index < -0.39 is 0 Å². The van der Waals surface area contributed by atoms with Gasteiger partial charge in [-0.15, -0.1) is 0 Å². The Hall–Kier alpha value is -3.48. The van der Waals surface area contributed by atoms with Crippen molar-refractivity contribution >= 4 is 11.7 Å². The molecule has 1 aromatic heterocycles. The number of aromatic nitrogens is 2. The second-order valence-corrected chi connectivity index (χ2v) is 6.27. The second kappa shape index (κ2) is 7.03. The molecule has 0 saturated carbocycles. The number of carbonyl (C=O) groups is 1. The number of anilines is 1. The summed E-state index contributed by atoms with van der Waals surface area (Å²) in [4.78, 5) is 12.3. The fraction of sp³-hybridized carbons (Fsp3) is 0.200. The van der Waals surface area contributed by atoms with Gasteiger partial charge in [0.05, 0.1) is 11.4 Å². The van der Waals surface area contributed by atoms with Crippen LogP contribution in [0.1, 0.15) is 17.0 Å². The van der Waals surface area contributed by atoms with Crippen LogP contribution in [0.3, 0.4) is 0 Å². The van der Waals surface area contributed by atoms with Gasteiger partial charge >= 0.3 is 6.03 Å². The van der Waals surface area contributed by atoms with Crippen molar-refractivity contribution in [2.24, 2.45) is 0 Å². The fourth-order valence-electron chi connectivity index (χ4n) is 3.07. The van der Waals surface area contributed by atoms with Crippen LogP contribution in [0.4, 0.5) is 10.5 Å². The molecule has 0 spiro atoms. The number of nitrogens with one attached hydrogen (secondary N) is 2. The molecule has 4 rings (SSSR count). The predicted octanol–water partition coefficient (Wildman–Crippen LogP) is 3.54. The van der Waals surface area contributed by atoms with Gasteiger partial charge in [-0.3, -0.25) is 0 Å². The highest BCUT2D eigenvalue weighted by Crippen LogP contribution is 2.34. The summed E-state index contributed by atoms with van der Waals surface area (Å²) in [6.07, 6.45) is 0. The largest absolute Gasteiger partial charge is 0.454 e. The Morgan fingerprint density at radius 1 is 1.11 bits per heavy atom. The number of fused-ring (bicyclic) bond motifs is 1. The van der Waals surface area contributed by atoms with Crippen molar-refractivity contribution in [3.8, 4) is 17.2 Å². The monoisotopic (exact) mass is 364 g/mol. The Morgan fingerprint density at radius 3 is 2.70 bits per heavy atom. The van der Waals surface area contributed by atoms with E-state index in [0.29, 0.717) is 23.7 Å². The summed E-state index contributed by atoms with van der Waals surface area (Å²) >= 11 is 0. The molecule has 2 N–H and O–H groups in total. The number of benzene rings is 2. The van der Waals surface area contributed by atoms with Crippen molar-refractivity contribution in [2.45, 2.75) is 20.4 Å². The van der Waals surface area contributed by atoms with Crippen LogP contribution in [0.25, 0.3) is 5.69 Å². The lowest BCUT2D eigenvalue weighted by Crippen LogP contribution is -2.28. The van der Waals surface area contributed by atoms with Crippen molar-refractivity contribution in [3.63, 3.8) is 0 Å². The maximum Gasteiger partial charge on any atom is 0.319 e. The van der Waals surface area contributed by atoms with Gasteiger partial charge in [-0.2, -0.15) is 5.10 Å². The Balaban J connectivity index is 1.43. The van der Waals surface area contributed by atoms with Gasteiger partial charge in [-0.25, -0.2) is 9.48 Å². The highest BCUT2D eigenvalue weighted by atomic mass is 16.7. The Labute approximate surface area is 156 Å². The van der Waals surface area contributed by atoms with E-state index in [0.717, 1.165) is 22.6 Å². The van der Waals surface area contributed by atoms with Crippen molar-refractivity contribution in [1.82, 2.24) is 15.1 Å². The maximum absolute atomic E-state index is 12.3. The van der Waals surface area contributed by atoms with Gasteiger partial charge in [0.15, 0.2) is 11.5 Å². The molecular formula is C20H20N4O3. The molecule has 0 atom stereocenters. The van der Waals surface area contributed by atoms with Crippen LogP contribution in [-0.4, -0.2) is 22.6 Å². The van der Waals surface area contributed by atoms with E-state index in [2.05, 4.69) is 15.7 Å². The first-order chi connectivity index (χ1) is 13.1. The zero-order valence-corrected chi connectivity index (χ0v) is 15.2. The van der Waals surface area contributed by atoms with Gasteiger partial charge < -0.3 is 20.1 Å². The van der Waals surface area contributed by atoms with Gasteiger partial charge in [0.25, 0.3) is 0 Å². The smallest absolute Gasteiger partial charge is 0.319 e. The average Bonchev–Trinajstić information content (AvgIpc) is 3.25. The zero-order chi connectivity index (χ0) is 18.8. The molecular weight excluding hydrogens is 344 g/mol. The summed E-state index contributed by atoms with van der Waals surface area (Å²) in [6, 6.07) is 14.9. The molecule has 2 aromatic carbocycles. The number of hydrogen-bond donors (Lipinski definition) is 2. The second-order valence-electron chi connectivity index (χ2n) is 6.27. The minimum absolute atomic E-state index is 0.203. The molecule has 2 heterocycles. The molecule has 0 aliphatic carbocycles. The van der Waals surface area contributed by atoms with E-state index in [-0.39, 0.29) is 12.8 Å². The molecule has 0 unspecified atom stereocenters. The van der Waals surface area contributed by atoms with Gasteiger partial charge in [-0.05, 0) is 38.1 Å². The van der Waals surface area contributed by atoms with Gasteiger partial charge in [0, 0.05) is 29.6 Å². The molecule has 2 amide bonds. The number of urea groups is 1. The van der Waals surface area contributed by atoms with Crippen molar-refractivity contribution < 1.29 is 14.3 Å². The third kappa shape index (κ3) is 3.44. The molecule has 7 nitrogen and oxygen atoms in total. The lowest BCUT2D eigenvalue weighted by atomic mass is 10.2. The van der Waals surface area contributed by atoms with E-state index in [1.54, 1.807) is 18.2 Å². The first-order valence-electron chi connectivity index (χ1n) is 8.67. The Bertz CT molecular complexity index is 982. The number of nitrogens with zero attached hydrogens (tertiary/aromatic N) is 2. The molecule has 0 fully saturated rings. The summed E-state index contributed by atoms with van der Waals surface area (Å²) < 4.78 is 12.5. The number of para-hydroxylation sites is 1. The molecule has 3 aromatic rings. The van der Waals surface area contributed by atoms with E-state index in [9.17, 15) is 4.79 Å². The van der Waals surface area contributed by atoms with Crippen LogP contribution < -0.4 is 20.1 Å². The quantitative estimate of drug-likeness (QED) is 0.742. The van der Waals surface area contributed by atoms with Crippen LogP contribution in [0.15, 0.2) is 48.5 Å². The van der Waals surface area contributed by atoms with E-state index in [1.807, 2.05) is 48.9 Å². The van der Waals surface area contributed by atoms with E-state index in [4.69, 9.17) is 9.47 Å². The van der Waals surface area contributed by atoms with Gasteiger partial charge in [0.1, 0.15) is 0 Å². The van der Waals surface area contributed by atoms with Gasteiger partial charge in [-0.1, -0.05) is 18.2 Å². The zero-order valence-electron chi connectivity index (χ0n) is 15.2. The Morgan fingerprint density at radius 2 is 1.89 bits per heavy atom. The summed E-state index contributed by atoms with van der Waals surface area (Å²) in [5, 5.41) is 10.3. The number of aryl methyl sites for hydroxylation is 1. The fourth-order valence-corrected chi connectivity index (χ4v) is 3.07. The first-order valence-corrected chi connectivity index (χ1v) is 8.67. The summed E-state index contributed by atoms with van der Waals surface area (Å²) in [6.45, 7) is 4.54. The molecule has 138 valence electrons. The minimum atomic E-state index is -0.292. The van der Waals surface area contributed by atoms with Gasteiger partial charge in [0.2, 0.25) is 6.79 Å². The highest BCUT2D eigenvalue weighted by Gasteiger charge is 2.16. The third-order valence-corrected chi connectivity index (χ3v) is 4.50. The SMILES string of the molecule is Cc1nn(-c2ccccc2)c(C)c1CNC(=O)Nc1ccc2c(c1)OCO2. The normalized spacial score (nSPS) is 12.1. The molecule has 0 saturated heterocycles. The lowest BCUT2D eigenvalue weighted by Gasteiger charge is -2.09. The molecule has 1 aliphatic rings. The number of rotatable bonds is 4. The highest BCUT2D eigenvalue weighted by molar-refractivity contribution is 5.89. The number of carbonyl (C=O) groups excluding carboxylic acids is 1. The maximum atomic E-state index is 12.3. The van der Waals surface area contributed by atoms with E-state index in [1.165, 1.54) is 0 Å². The summed E-state index contributed by atoms with van der Waals surface area (Å²) in [5.41, 5.74) is 4.53. The summed E-state index contributed by atoms with van der Waals surface area (Å²) in [5.74, 6) is 1.31. The minimum Gasteiger partial charge on any atom is -0.454 e. The topological polar surface area (TPSA) is 77.4 Å². The number of amides is 2. The Kier molecular flexibility index (Phi) is 4.42. The molecule has 27 heavy (non-hydrogen) atoms. The molecule has 7 heteroatoms. The number of ether oxygens (including phenoxy) is 2. The van der Waals surface area contributed by atoms with Crippen LogP contribution in [0.5, 0.6) is 11.5 Å². The van der Waals surface area contributed by atoms with Crippen LogP contribution in [-0.2, 0) is 6.54 Å². The van der Waals surface area contributed by atoms with Crippen molar-refractivity contribution in [3.05, 3.63) is 65.5 Å². The standard InChI is InChI=1S/C20H20N4O3/c1-13-17(14(2)24(23-13)16-6-4-3-5-7-16)11-21-20(25)22-15-8-9-18-19(10-15)27-12-26-18/h3-10H,11-12H2,1-2H3,(H2,21,22,25). The molecule has 1 aliphatic heterocycles. The lowest BCUT2D eigenvalue weighted by molar-refractivity contribution is 0.174. The molecule has 0 bridgehead atoms. The third-order valence-electron chi connectivity index (χ3n) is 4.50. The summed E-state index contributed by atoms with van der Waals surface area (Å²) in [7, 11) is 0. The van der Waals surface area contributed by atoms with E-state index >= 15 is 0 Å². The van der Waals surface area contributed by atoms with Crippen molar-refractivity contribution in [1.29, 1.82) is 0 Å². The van der Waals surface area contributed by atoms with Crippen molar-refractivity contribution in [2.75, 3.05) is 12.1 Å². The molecule has 0 radical (unpaired) electrons. The van der Waals surface area contributed by atoms with Crippen LogP contribution in [0.2, 0.25) is 0 Å². The first kappa shape index (κ1) is 17.0. The number of hydrogen-bond acceptors (Lipinski definition) is 4. The van der Waals surface area contributed by atoms with Crippen LogP contribution >= 0.6 is 0 Å². The average molecular weight is 364 g/mol.